The number of carbonyl (C=O) groups excluding carboxylic acids is 4. The van der Waals surface area contributed by atoms with Crippen LogP contribution in [-0.2, 0) is 65.4 Å². The molecule has 0 heterocycles. The van der Waals surface area contributed by atoms with Crippen LogP contribution in [-0.4, -0.2) is 96.7 Å². The van der Waals surface area contributed by atoms with Crippen LogP contribution in [0.4, 0.5) is 0 Å². The molecule has 0 aromatic rings. The highest BCUT2D eigenvalue weighted by Gasteiger charge is 2.30. The van der Waals surface area contributed by atoms with E-state index in [1.54, 1.807) is 0 Å². The van der Waals surface area contributed by atoms with Crippen molar-refractivity contribution in [2.75, 3.05) is 39.6 Å². The van der Waals surface area contributed by atoms with E-state index in [0.717, 1.165) is 148 Å². The van der Waals surface area contributed by atoms with Gasteiger partial charge in [-0.25, -0.2) is 9.13 Å². The number of aliphatic hydroxyl groups is 1. The van der Waals surface area contributed by atoms with Crippen LogP contribution in [0.1, 0.15) is 297 Å². The summed E-state index contributed by atoms with van der Waals surface area (Å²) in [6.45, 7) is 4.61. The topological polar surface area (TPSA) is 237 Å². The molecule has 0 aliphatic carbocycles. The monoisotopic (exact) mass is 1340 g/mol. The lowest BCUT2D eigenvalue weighted by Crippen LogP contribution is -2.30. The molecule has 0 spiro atoms. The van der Waals surface area contributed by atoms with Gasteiger partial charge in [0.25, 0.3) is 0 Å². The minimum atomic E-state index is -4.97. The molecule has 17 nitrogen and oxygen atoms in total. The van der Waals surface area contributed by atoms with Gasteiger partial charge in [-0.3, -0.25) is 37.3 Å². The Morgan fingerprint density at radius 3 is 0.957 bits per heavy atom. The number of aliphatic hydroxyl groups excluding tert-OH is 1. The third-order valence-corrected chi connectivity index (χ3v) is 16.7. The Hall–Kier alpha value is -3.76. The van der Waals surface area contributed by atoms with E-state index in [9.17, 15) is 43.2 Å². The Balaban J connectivity index is 5.33. The van der Waals surface area contributed by atoms with Crippen molar-refractivity contribution in [2.24, 2.45) is 0 Å². The molecule has 0 aliphatic heterocycles. The van der Waals surface area contributed by atoms with Gasteiger partial charge in [0.1, 0.15) is 19.3 Å². The molecule has 0 aromatic heterocycles. The molecule has 92 heavy (non-hydrogen) atoms. The molecule has 0 saturated heterocycles. The normalized spacial score (nSPS) is 14.6. The molecule has 0 aliphatic rings. The summed E-state index contributed by atoms with van der Waals surface area (Å²) >= 11 is 0. The smallest absolute Gasteiger partial charge is 0.462 e. The van der Waals surface area contributed by atoms with E-state index < -0.39 is 97.5 Å². The predicted molar refractivity (Wildman–Crippen MR) is 372 cm³/mol. The maximum absolute atomic E-state index is 13.0. The van der Waals surface area contributed by atoms with Crippen LogP contribution < -0.4 is 0 Å². The second-order valence-electron chi connectivity index (χ2n) is 23.8. The van der Waals surface area contributed by atoms with E-state index in [1.807, 2.05) is 0 Å². The zero-order valence-electron chi connectivity index (χ0n) is 57.7. The first-order chi connectivity index (χ1) is 44.7. The molecule has 5 unspecified atom stereocenters. The SMILES string of the molecule is CC/C=C\C/C=C\C/C=C\C/C=C\CCCCC(=O)OCC(COP(=O)(O)OCC(O)COP(=O)(O)OCC(COC(=O)CCCCCCC/C=C\C/C=C\CCCCC)OC(=O)CCCCCCC/C=C\CCCC)OC(=O)CCCCCCCCCCCCC. The second kappa shape index (κ2) is 65.9. The molecule has 3 N–H and O–H groups in total. The zero-order valence-corrected chi connectivity index (χ0v) is 59.5. The Labute approximate surface area is 557 Å². The number of allylic oxidation sites excluding steroid dienone is 14. The van der Waals surface area contributed by atoms with E-state index in [4.69, 9.17) is 37.0 Å². The number of phosphoric ester groups is 2. The van der Waals surface area contributed by atoms with E-state index >= 15 is 0 Å². The number of hydrogen-bond acceptors (Lipinski definition) is 15. The fourth-order valence-corrected chi connectivity index (χ4v) is 10.9. The molecule has 5 atom stereocenters. The third-order valence-electron chi connectivity index (χ3n) is 14.8. The zero-order chi connectivity index (χ0) is 67.5. The highest BCUT2D eigenvalue weighted by Crippen LogP contribution is 2.45. The fraction of sp³-hybridized carbons (Fsp3) is 0.753. The Morgan fingerprint density at radius 2 is 0.576 bits per heavy atom. The number of unbranched alkanes of at least 4 members (excludes halogenated alkanes) is 27. The lowest BCUT2D eigenvalue weighted by molar-refractivity contribution is -0.161. The Morgan fingerprint density at radius 1 is 0.315 bits per heavy atom. The highest BCUT2D eigenvalue weighted by atomic mass is 31.2. The van der Waals surface area contributed by atoms with Crippen molar-refractivity contribution in [2.45, 2.75) is 316 Å². The summed E-state index contributed by atoms with van der Waals surface area (Å²) in [5.74, 6) is -2.24. The van der Waals surface area contributed by atoms with Crippen molar-refractivity contribution >= 4 is 39.5 Å². The summed E-state index contributed by atoms with van der Waals surface area (Å²) in [6.07, 6.45) is 64.6. The van der Waals surface area contributed by atoms with Crippen molar-refractivity contribution in [3.63, 3.8) is 0 Å². The van der Waals surface area contributed by atoms with Crippen LogP contribution >= 0.6 is 15.6 Å². The summed E-state index contributed by atoms with van der Waals surface area (Å²) in [6, 6.07) is 0. The van der Waals surface area contributed by atoms with E-state index in [1.165, 1.54) is 70.6 Å². The maximum Gasteiger partial charge on any atom is 0.472 e. The molecule has 19 heteroatoms. The molecule has 0 bridgehead atoms. The highest BCUT2D eigenvalue weighted by molar-refractivity contribution is 7.47. The molecule has 0 aromatic carbocycles. The molecule has 0 radical (unpaired) electrons. The average molecular weight is 1340 g/mol. The molecular formula is C73H128O17P2. The Kier molecular flexibility index (Phi) is 63.2. The lowest BCUT2D eigenvalue weighted by Gasteiger charge is -2.21. The fourth-order valence-electron chi connectivity index (χ4n) is 9.34. The summed E-state index contributed by atoms with van der Waals surface area (Å²) < 4.78 is 68.2. The molecule has 532 valence electrons. The number of phosphoric acid groups is 2. The summed E-state index contributed by atoms with van der Waals surface area (Å²) in [4.78, 5) is 72.5. The van der Waals surface area contributed by atoms with Crippen molar-refractivity contribution in [3.8, 4) is 0 Å². The summed E-state index contributed by atoms with van der Waals surface area (Å²) in [5.41, 5.74) is 0. The number of rotatable bonds is 67. The number of carbonyl (C=O) groups is 4. The van der Waals surface area contributed by atoms with Crippen LogP contribution in [0.2, 0.25) is 0 Å². The van der Waals surface area contributed by atoms with Gasteiger partial charge in [-0.2, -0.15) is 0 Å². The molecule has 0 rings (SSSR count). The van der Waals surface area contributed by atoms with Gasteiger partial charge in [0.2, 0.25) is 0 Å². The van der Waals surface area contributed by atoms with Gasteiger partial charge in [0.05, 0.1) is 26.4 Å². The number of esters is 4. The van der Waals surface area contributed by atoms with E-state index in [-0.39, 0.29) is 25.7 Å². The van der Waals surface area contributed by atoms with Crippen LogP contribution in [0.15, 0.2) is 85.1 Å². The molecule has 0 fully saturated rings. The molecule has 0 saturated carbocycles. The first-order valence-electron chi connectivity index (χ1n) is 35.8. The van der Waals surface area contributed by atoms with Crippen LogP contribution in [0.25, 0.3) is 0 Å². The quantitative estimate of drug-likeness (QED) is 0.0169. The van der Waals surface area contributed by atoms with Crippen molar-refractivity contribution in [1.82, 2.24) is 0 Å². The standard InChI is InChI=1S/C73H128O17P2/c1-5-9-13-17-21-25-29-31-33-35-39-41-45-49-53-57-70(75)83-63-68(89-72(77)59-55-51-47-43-37-27-23-19-15-11-7-3)65-87-91(79,80)85-61-67(74)62-86-92(81,82)88-66-69(90-73(78)60-56-52-48-44-38-28-24-20-16-12-8-4)64-84-71(76)58-54-50-46-42-40-36-34-32-30-26-22-18-14-10-6-2/h9,13,20-22,24-26,31-34,39,41,67-69,74H,5-8,10-12,14-19,23,27-30,35-38,40,42-66H2,1-4H3,(H,79,80)(H,81,82)/b13-9-,24-20-,25-21-,26-22-,33-31-,34-32-,41-39-. The van der Waals surface area contributed by atoms with Gasteiger partial charge in [0.15, 0.2) is 12.2 Å². The minimum Gasteiger partial charge on any atom is -0.462 e. The lowest BCUT2D eigenvalue weighted by atomic mass is 10.1. The van der Waals surface area contributed by atoms with Crippen molar-refractivity contribution in [3.05, 3.63) is 85.1 Å². The van der Waals surface area contributed by atoms with Gasteiger partial charge in [-0.1, -0.05) is 241 Å². The van der Waals surface area contributed by atoms with Gasteiger partial charge in [-0.15, -0.1) is 0 Å². The van der Waals surface area contributed by atoms with Crippen LogP contribution in [0.3, 0.4) is 0 Å². The summed E-state index contributed by atoms with van der Waals surface area (Å²) in [7, 11) is -9.94. The minimum absolute atomic E-state index is 0.0819. The second-order valence-corrected chi connectivity index (χ2v) is 26.7. The largest absolute Gasteiger partial charge is 0.472 e. The van der Waals surface area contributed by atoms with E-state index in [2.05, 4.69) is 113 Å². The van der Waals surface area contributed by atoms with Crippen LogP contribution in [0.5, 0.6) is 0 Å². The summed E-state index contributed by atoms with van der Waals surface area (Å²) in [5, 5.41) is 10.6. The van der Waals surface area contributed by atoms with Crippen LogP contribution in [0, 0.1) is 0 Å². The first kappa shape index (κ1) is 88.2. The van der Waals surface area contributed by atoms with Gasteiger partial charge >= 0.3 is 39.5 Å². The van der Waals surface area contributed by atoms with Gasteiger partial charge in [-0.05, 0) is 116 Å². The Bertz CT molecular complexity index is 2090. The predicted octanol–water partition coefficient (Wildman–Crippen LogP) is 19.9. The van der Waals surface area contributed by atoms with E-state index in [0.29, 0.717) is 25.7 Å². The maximum atomic E-state index is 13.0. The third kappa shape index (κ3) is 64.9. The molecular weight excluding hydrogens is 1210 g/mol. The van der Waals surface area contributed by atoms with Crippen molar-refractivity contribution < 1.29 is 80.2 Å². The first-order valence-corrected chi connectivity index (χ1v) is 38.8. The molecule has 0 amide bonds. The van der Waals surface area contributed by atoms with Gasteiger partial charge in [0, 0.05) is 25.7 Å². The van der Waals surface area contributed by atoms with Crippen molar-refractivity contribution in [1.29, 1.82) is 0 Å². The average Bonchev–Trinajstić information content (AvgIpc) is 2.55. The van der Waals surface area contributed by atoms with Gasteiger partial charge < -0.3 is 33.8 Å². The number of ether oxygens (including phenoxy) is 4. The number of hydrogen-bond donors (Lipinski definition) is 3.